The zero-order valence-electron chi connectivity index (χ0n) is 25.1. The Morgan fingerprint density at radius 1 is 0.930 bits per heavy atom. The van der Waals surface area contributed by atoms with E-state index in [9.17, 15) is 19.5 Å². The van der Waals surface area contributed by atoms with Crippen molar-refractivity contribution < 1.29 is 29.0 Å². The summed E-state index contributed by atoms with van der Waals surface area (Å²) in [5, 5.41) is 10.8. The lowest BCUT2D eigenvalue weighted by molar-refractivity contribution is -0.161. The molecular weight excluding hydrogens is 544 g/mol. The third-order valence-corrected chi connectivity index (χ3v) is 9.72. The van der Waals surface area contributed by atoms with Gasteiger partial charge in [0.25, 0.3) is 5.91 Å². The summed E-state index contributed by atoms with van der Waals surface area (Å²) in [5.74, 6) is -3.14. The molecule has 4 heterocycles. The Morgan fingerprint density at radius 3 is 2.37 bits per heavy atom. The van der Waals surface area contributed by atoms with Crippen LogP contribution in [0.4, 0.5) is 5.69 Å². The number of hydrogen-bond donors (Lipinski definition) is 1. The van der Waals surface area contributed by atoms with E-state index >= 15 is 0 Å². The molecule has 0 aromatic heterocycles. The van der Waals surface area contributed by atoms with Gasteiger partial charge in [-0.25, -0.2) is 0 Å². The monoisotopic (exact) mass is 584 g/mol. The molecule has 1 unspecified atom stereocenters. The van der Waals surface area contributed by atoms with Crippen molar-refractivity contribution in [2.75, 3.05) is 24.7 Å². The summed E-state index contributed by atoms with van der Waals surface area (Å²) in [5.41, 5.74) is 0.781. The van der Waals surface area contributed by atoms with E-state index in [0.29, 0.717) is 12.0 Å². The highest BCUT2D eigenvalue weighted by Gasteiger charge is 2.76. The maximum atomic E-state index is 15.0. The topological polar surface area (TPSA) is 96.4 Å². The first-order valence-corrected chi connectivity index (χ1v) is 15.4. The van der Waals surface area contributed by atoms with Gasteiger partial charge in [0, 0.05) is 12.2 Å². The number of esters is 1. The normalized spacial score (nSPS) is 32.0. The first-order valence-electron chi connectivity index (χ1n) is 15.4. The molecule has 2 saturated heterocycles. The molecule has 0 bridgehead atoms. The summed E-state index contributed by atoms with van der Waals surface area (Å²) >= 11 is 0. The van der Waals surface area contributed by atoms with Gasteiger partial charge in [0.15, 0.2) is 0 Å². The lowest BCUT2D eigenvalue weighted by Gasteiger charge is -2.41. The quantitative estimate of drug-likeness (QED) is 0.408. The third-order valence-electron chi connectivity index (χ3n) is 9.72. The number of para-hydroxylation sites is 1. The summed E-state index contributed by atoms with van der Waals surface area (Å²) in [6.07, 6.45) is 10.5. The Bertz CT molecular complexity index is 1450. The van der Waals surface area contributed by atoms with Crippen molar-refractivity contribution >= 4 is 23.5 Å². The fourth-order valence-corrected chi connectivity index (χ4v) is 7.77. The van der Waals surface area contributed by atoms with Crippen molar-refractivity contribution in [3.63, 3.8) is 0 Å². The summed E-state index contributed by atoms with van der Waals surface area (Å²) in [7, 11) is 0. The van der Waals surface area contributed by atoms with Gasteiger partial charge in [-0.1, -0.05) is 79.8 Å². The van der Waals surface area contributed by atoms with Gasteiger partial charge in [-0.3, -0.25) is 14.4 Å². The first kappa shape index (κ1) is 29.3. The van der Waals surface area contributed by atoms with Crippen molar-refractivity contribution in [3.05, 3.63) is 89.5 Å². The number of benzene rings is 2. The van der Waals surface area contributed by atoms with Gasteiger partial charge in [0.2, 0.25) is 5.91 Å². The van der Waals surface area contributed by atoms with E-state index in [-0.39, 0.29) is 19.1 Å². The molecule has 0 radical (unpaired) electrons. The number of carbonyl (C=O) groups is 3. The predicted molar refractivity (Wildman–Crippen MR) is 162 cm³/mol. The standard InChI is InChI=1S/C35H40N2O6/c1-4-34-18-10-5-6-11-21-42-33(41)28(34)27-31(39)37(26(22-38)25-16-8-7-9-17-25)30-32(40)36(20-13-19-35(27,30)43-34)29-23(2)14-12-15-24(29)3/h7-10,12-19,26-28,30,38H,4-6,11,20-22H2,1-3H3/b18-10-/t26-,27+,28+,30?,34-,35+/m1/s1. The second-order valence-corrected chi connectivity index (χ2v) is 12.1. The second kappa shape index (κ2) is 11.4. The molecule has 0 saturated carbocycles. The Hall–Kier alpha value is -3.75. The van der Waals surface area contributed by atoms with Crippen LogP contribution in [0.5, 0.6) is 0 Å². The summed E-state index contributed by atoms with van der Waals surface area (Å²) in [6, 6.07) is 13.2. The Kier molecular flexibility index (Phi) is 7.77. The van der Waals surface area contributed by atoms with Crippen molar-refractivity contribution in [2.24, 2.45) is 11.8 Å². The average molecular weight is 585 g/mol. The molecule has 0 aliphatic carbocycles. The van der Waals surface area contributed by atoms with Crippen LogP contribution in [0.2, 0.25) is 0 Å². The maximum absolute atomic E-state index is 15.0. The van der Waals surface area contributed by atoms with Crippen LogP contribution in [0.3, 0.4) is 0 Å². The van der Waals surface area contributed by atoms with E-state index < -0.39 is 53.6 Å². The molecule has 4 aliphatic rings. The minimum absolute atomic E-state index is 0.266. The number of fused-ring (bicyclic) bond motifs is 2. The van der Waals surface area contributed by atoms with Crippen LogP contribution in [0.15, 0.2) is 72.8 Å². The van der Waals surface area contributed by atoms with Crippen molar-refractivity contribution in [1.82, 2.24) is 4.90 Å². The molecule has 8 nitrogen and oxygen atoms in total. The Labute approximate surface area is 253 Å². The van der Waals surface area contributed by atoms with Crippen LogP contribution in [0.25, 0.3) is 0 Å². The van der Waals surface area contributed by atoms with Gasteiger partial charge in [0.05, 0.1) is 25.2 Å². The highest BCUT2D eigenvalue weighted by atomic mass is 16.6. The number of allylic oxidation sites excluding steroid dienone is 1. The minimum atomic E-state index is -1.44. The molecule has 43 heavy (non-hydrogen) atoms. The van der Waals surface area contributed by atoms with Crippen molar-refractivity contribution in [2.45, 2.75) is 69.7 Å². The fourth-order valence-electron chi connectivity index (χ4n) is 7.77. The largest absolute Gasteiger partial charge is 0.465 e. The average Bonchev–Trinajstić information content (AvgIpc) is 3.36. The van der Waals surface area contributed by atoms with E-state index in [4.69, 9.17) is 9.47 Å². The number of ether oxygens (including phenoxy) is 2. The van der Waals surface area contributed by atoms with Gasteiger partial charge in [-0.2, -0.15) is 0 Å². The van der Waals surface area contributed by atoms with E-state index in [0.717, 1.165) is 36.1 Å². The lowest BCUT2D eigenvalue weighted by atomic mass is 9.73. The van der Waals surface area contributed by atoms with Gasteiger partial charge in [-0.05, 0) is 56.2 Å². The fraction of sp³-hybridized carbons (Fsp3) is 0.457. The van der Waals surface area contributed by atoms with E-state index in [2.05, 4.69) is 0 Å². The van der Waals surface area contributed by atoms with E-state index in [1.165, 1.54) is 4.90 Å². The molecule has 1 N–H and O–H groups in total. The number of aliphatic hydroxyl groups excluding tert-OH is 1. The highest BCUT2D eigenvalue weighted by Crippen LogP contribution is 2.59. The zero-order valence-corrected chi connectivity index (χ0v) is 25.1. The SMILES string of the molecule is CC[C@@]12/C=C\CCCCOC(=O)[C@@H]1[C@H]1C(=O)N([C@H](CO)c3ccccc3)C3C(=O)N(c4c(C)cccc4C)CC=C[C@@]31O2. The molecule has 6 rings (SSSR count). The molecular formula is C35H40N2O6. The molecule has 6 atom stereocenters. The van der Waals surface area contributed by atoms with Crippen LogP contribution in [-0.4, -0.2) is 64.8 Å². The molecule has 2 aromatic rings. The number of aryl methyl sites for hydroxylation is 2. The summed E-state index contributed by atoms with van der Waals surface area (Å²) in [4.78, 5) is 47.0. The molecule has 2 fully saturated rings. The number of amides is 2. The van der Waals surface area contributed by atoms with Gasteiger partial charge >= 0.3 is 5.97 Å². The number of anilines is 1. The number of aliphatic hydroxyl groups is 1. The number of cyclic esters (lactones) is 1. The van der Waals surface area contributed by atoms with Crippen LogP contribution in [0.1, 0.15) is 55.3 Å². The highest BCUT2D eigenvalue weighted by molar-refractivity contribution is 6.06. The summed E-state index contributed by atoms with van der Waals surface area (Å²) in [6.45, 7) is 6.02. The van der Waals surface area contributed by atoms with E-state index in [1.54, 1.807) is 4.90 Å². The smallest absolute Gasteiger partial charge is 0.313 e. The molecule has 1 spiro atoms. The number of rotatable bonds is 5. The molecule has 4 aliphatic heterocycles. The number of likely N-dealkylation sites (tertiary alicyclic amines) is 1. The van der Waals surface area contributed by atoms with Gasteiger partial charge in [-0.15, -0.1) is 0 Å². The first-order chi connectivity index (χ1) is 20.8. The molecule has 2 aromatic carbocycles. The second-order valence-electron chi connectivity index (χ2n) is 12.1. The van der Waals surface area contributed by atoms with Crippen LogP contribution < -0.4 is 4.90 Å². The number of nitrogens with zero attached hydrogens (tertiary/aromatic N) is 2. The molecule has 226 valence electrons. The lowest BCUT2D eigenvalue weighted by Crippen LogP contribution is -2.57. The molecule has 2 amide bonds. The van der Waals surface area contributed by atoms with Gasteiger partial charge < -0.3 is 24.4 Å². The third kappa shape index (κ3) is 4.54. The van der Waals surface area contributed by atoms with Crippen molar-refractivity contribution in [1.29, 1.82) is 0 Å². The maximum Gasteiger partial charge on any atom is 0.313 e. The zero-order chi connectivity index (χ0) is 30.4. The van der Waals surface area contributed by atoms with Crippen LogP contribution in [0, 0.1) is 25.7 Å². The Balaban J connectivity index is 1.57. The van der Waals surface area contributed by atoms with E-state index in [1.807, 2.05) is 93.6 Å². The predicted octanol–water partition coefficient (Wildman–Crippen LogP) is 4.58. The number of carbonyl (C=O) groups excluding carboxylic acids is 3. The van der Waals surface area contributed by atoms with Crippen molar-refractivity contribution in [3.8, 4) is 0 Å². The van der Waals surface area contributed by atoms with Gasteiger partial charge in [0.1, 0.15) is 23.2 Å². The van der Waals surface area contributed by atoms with Crippen LogP contribution >= 0.6 is 0 Å². The summed E-state index contributed by atoms with van der Waals surface area (Å²) < 4.78 is 12.9. The molecule has 8 heteroatoms. The number of hydrogen-bond acceptors (Lipinski definition) is 6. The Morgan fingerprint density at radius 2 is 1.67 bits per heavy atom. The minimum Gasteiger partial charge on any atom is -0.465 e. The van der Waals surface area contributed by atoms with Crippen LogP contribution in [-0.2, 0) is 23.9 Å².